The average molecular weight is 249 g/mol. The van der Waals surface area contributed by atoms with Crippen molar-refractivity contribution in [3.63, 3.8) is 0 Å². The molecule has 0 radical (unpaired) electrons. The van der Waals surface area contributed by atoms with E-state index in [-0.39, 0.29) is 12.0 Å². The summed E-state index contributed by atoms with van der Waals surface area (Å²) >= 11 is 0. The lowest BCUT2D eigenvalue weighted by Crippen LogP contribution is -2.37. The molecule has 0 aliphatic heterocycles. The first-order valence-electron chi connectivity index (χ1n) is 6.40. The Kier molecular flexibility index (Phi) is 4.76. The van der Waals surface area contributed by atoms with Gasteiger partial charge in [-0.05, 0) is 38.8 Å². The average Bonchev–Trinajstić information content (AvgIpc) is 2.26. The Balaban J connectivity index is 3.09. The van der Waals surface area contributed by atoms with E-state index >= 15 is 0 Å². The first kappa shape index (κ1) is 14.6. The van der Waals surface area contributed by atoms with Gasteiger partial charge in [-0.3, -0.25) is 4.79 Å². The van der Waals surface area contributed by atoms with E-state index in [9.17, 15) is 4.79 Å². The molecule has 3 heteroatoms. The van der Waals surface area contributed by atoms with Gasteiger partial charge in [0.25, 0.3) is 0 Å². The van der Waals surface area contributed by atoms with Crippen LogP contribution in [0.4, 0.5) is 5.69 Å². The van der Waals surface area contributed by atoms with Crippen LogP contribution in [0.2, 0.25) is 0 Å². The van der Waals surface area contributed by atoms with Crippen LogP contribution in [0.5, 0.6) is 0 Å². The van der Waals surface area contributed by atoms with Crippen molar-refractivity contribution in [3.05, 3.63) is 29.3 Å². The fraction of sp³-hybridized carbons (Fsp3) is 0.533. The SMILES string of the molecule is Cc1cccc(C)c1N(CC(C)C(=O)O)C(C)C. The van der Waals surface area contributed by atoms with E-state index in [4.69, 9.17) is 5.11 Å². The zero-order valence-electron chi connectivity index (χ0n) is 11.9. The fourth-order valence-electron chi connectivity index (χ4n) is 2.19. The summed E-state index contributed by atoms with van der Waals surface area (Å²) in [6.07, 6.45) is 0. The minimum absolute atomic E-state index is 0.284. The maximum atomic E-state index is 11.0. The highest BCUT2D eigenvalue weighted by atomic mass is 16.4. The standard InChI is InChI=1S/C15H23NO2/c1-10(2)16(9-13(5)15(17)18)14-11(3)7-6-8-12(14)4/h6-8,10,13H,9H2,1-5H3,(H,17,18). The largest absolute Gasteiger partial charge is 0.481 e. The molecule has 1 aromatic carbocycles. The molecule has 0 bridgehead atoms. The van der Waals surface area contributed by atoms with Crippen molar-refractivity contribution in [2.24, 2.45) is 5.92 Å². The molecule has 1 rings (SSSR count). The lowest BCUT2D eigenvalue weighted by Gasteiger charge is -2.33. The molecule has 0 aromatic heterocycles. The summed E-state index contributed by atoms with van der Waals surface area (Å²) < 4.78 is 0. The van der Waals surface area contributed by atoms with E-state index in [1.165, 1.54) is 16.8 Å². The van der Waals surface area contributed by atoms with E-state index in [1.807, 2.05) is 6.07 Å². The molecular weight excluding hydrogens is 226 g/mol. The lowest BCUT2D eigenvalue weighted by atomic mass is 10.0. The maximum Gasteiger partial charge on any atom is 0.308 e. The molecule has 18 heavy (non-hydrogen) atoms. The summed E-state index contributed by atoms with van der Waals surface area (Å²) in [5.41, 5.74) is 3.56. The van der Waals surface area contributed by atoms with Crippen LogP contribution < -0.4 is 4.90 Å². The number of benzene rings is 1. The second-order valence-corrected chi connectivity index (χ2v) is 5.23. The third kappa shape index (κ3) is 3.25. The zero-order chi connectivity index (χ0) is 13.9. The van der Waals surface area contributed by atoms with E-state index in [1.54, 1.807) is 6.92 Å². The van der Waals surface area contributed by atoms with Crippen LogP contribution in [0, 0.1) is 19.8 Å². The summed E-state index contributed by atoms with van der Waals surface area (Å²) in [5.74, 6) is -1.11. The van der Waals surface area contributed by atoms with Gasteiger partial charge in [-0.25, -0.2) is 0 Å². The molecule has 0 aliphatic carbocycles. The fourth-order valence-corrected chi connectivity index (χ4v) is 2.19. The van der Waals surface area contributed by atoms with Crippen molar-refractivity contribution in [1.29, 1.82) is 0 Å². The van der Waals surface area contributed by atoms with E-state index < -0.39 is 5.97 Å². The molecule has 0 amide bonds. The van der Waals surface area contributed by atoms with Gasteiger partial charge in [0, 0.05) is 18.3 Å². The van der Waals surface area contributed by atoms with Crippen molar-refractivity contribution < 1.29 is 9.90 Å². The van der Waals surface area contributed by atoms with E-state index in [0.29, 0.717) is 6.54 Å². The van der Waals surface area contributed by atoms with Gasteiger partial charge in [-0.1, -0.05) is 25.1 Å². The van der Waals surface area contributed by atoms with Gasteiger partial charge in [0.1, 0.15) is 0 Å². The molecule has 100 valence electrons. The number of hydrogen-bond acceptors (Lipinski definition) is 2. The van der Waals surface area contributed by atoms with Gasteiger partial charge in [-0.15, -0.1) is 0 Å². The van der Waals surface area contributed by atoms with Crippen LogP contribution in [0.15, 0.2) is 18.2 Å². The van der Waals surface area contributed by atoms with E-state index in [0.717, 1.165) is 0 Å². The molecular formula is C15H23NO2. The van der Waals surface area contributed by atoms with Gasteiger partial charge >= 0.3 is 5.97 Å². The van der Waals surface area contributed by atoms with Crippen molar-refractivity contribution >= 4 is 11.7 Å². The van der Waals surface area contributed by atoms with Crippen molar-refractivity contribution in [2.75, 3.05) is 11.4 Å². The molecule has 0 fully saturated rings. The number of rotatable bonds is 5. The smallest absolute Gasteiger partial charge is 0.308 e. The molecule has 0 spiro atoms. The summed E-state index contributed by atoms with van der Waals surface area (Å²) in [4.78, 5) is 13.2. The molecule has 0 aliphatic rings. The lowest BCUT2D eigenvalue weighted by molar-refractivity contribution is -0.140. The minimum Gasteiger partial charge on any atom is -0.481 e. The first-order chi connectivity index (χ1) is 8.34. The Hall–Kier alpha value is -1.51. The second-order valence-electron chi connectivity index (χ2n) is 5.23. The number of hydrogen-bond donors (Lipinski definition) is 1. The maximum absolute atomic E-state index is 11.0. The minimum atomic E-state index is -0.744. The van der Waals surface area contributed by atoms with Gasteiger partial charge in [0.2, 0.25) is 0 Å². The number of carboxylic acids is 1. The summed E-state index contributed by atoms with van der Waals surface area (Å²) in [6, 6.07) is 6.46. The number of para-hydroxylation sites is 1. The van der Waals surface area contributed by atoms with E-state index in [2.05, 4.69) is 44.7 Å². The third-order valence-electron chi connectivity index (χ3n) is 3.24. The van der Waals surface area contributed by atoms with Gasteiger partial charge in [0.05, 0.1) is 5.92 Å². The summed E-state index contributed by atoms with van der Waals surface area (Å²) in [5, 5.41) is 9.07. The zero-order valence-corrected chi connectivity index (χ0v) is 11.9. The van der Waals surface area contributed by atoms with Crippen LogP contribution in [-0.4, -0.2) is 23.7 Å². The molecule has 0 heterocycles. The Morgan fingerprint density at radius 1 is 1.22 bits per heavy atom. The van der Waals surface area contributed by atoms with Crippen LogP contribution >= 0.6 is 0 Å². The van der Waals surface area contributed by atoms with Crippen LogP contribution in [0.1, 0.15) is 31.9 Å². The molecule has 1 aromatic rings. The molecule has 1 atom stereocenters. The number of aryl methyl sites for hydroxylation is 2. The molecule has 1 unspecified atom stereocenters. The predicted molar refractivity (Wildman–Crippen MR) is 75.2 cm³/mol. The number of carbonyl (C=O) groups is 1. The predicted octanol–water partition coefficient (Wildman–Crippen LogP) is 3.24. The monoisotopic (exact) mass is 249 g/mol. The Morgan fingerprint density at radius 3 is 2.11 bits per heavy atom. The van der Waals surface area contributed by atoms with Crippen LogP contribution in [-0.2, 0) is 4.79 Å². The number of nitrogens with zero attached hydrogens (tertiary/aromatic N) is 1. The van der Waals surface area contributed by atoms with Crippen molar-refractivity contribution in [3.8, 4) is 0 Å². The van der Waals surface area contributed by atoms with Crippen LogP contribution in [0.25, 0.3) is 0 Å². The normalized spacial score (nSPS) is 12.6. The van der Waals surface area contributed by atoms with Gasteiger partial charge < -0.3 is 10.0 Å². The second kappa shape index (κ2) is 5.89. The molecule has 0 saturated heterocycles. The summed E-state index contributed by atoms with van der Waals surface area (Å²) in [7, 11) is 0. The number of carboxylic acid groups (broad SMARTS) is 1. The number of aliphatic carboxylic acids is 1. The van der Waals surface area contributed by atoms with Crippen LogP contribution in [0.3, 0.4) is 0 Å². The molecule has 3 nitrogen and oxygen atoms in total. The Morgan fingerprint density at radius 2 is 1.72 bits per heavy atom. The van der Waals surface area contributed by atoms with Crippen molar-refractivity contribution in [2.45, 2.75) is 40.7 Å². The highest BCUT2D eigenvalue weighted by Gasteiger charge is 2.21. The Labute approximate surface area is 109 Å². The molecule has 0 saturated carbocycles. The topological polar surface area (TPSA) is 40.5 Å². The first-order valence-corrected chi connectivity index (χ1v) is 6.40. The quantitative estimate of drug-likeness (QED) is 0.871. The third-order valence-corrected chi connectivity index (χ3v) is 3.24. The molecule has 1 N–H and O–H groups in total. The van der Waals surface area contributed by atoms with Gasteiger partial charge in [-0.2, -0.15) is 0 Å². The number of anilines is 1. The summed E-state index contributed by atoms with van der Waals surface area (Å²) in [6.45, 7) is 10.6. The highest BCUT2D eigenvalue weighted by Crippen LogP contribution is 2.27. The van der Waals surface area contributed by atoms with Gasteiger partial charge in [0.15, 0.2) is 0 Å². The highest BCUT2D eigenvalue weighted by molar-refractivity contribution is 5.71. The Bertz CT molecular complexity index is 406. The van der Waals surface area contributed by atoms with Crippen molar-refractivity contribution in [1.82, 2.24) is 0 Å².